The molecule has 130 valence electrons. The lowest BCUT2D eigenvalue weighted by Gasteiger charge is -2.29. The Balaban J connectivity index is 1.73. The number of nitrogens with zero attached hydrogens (tertiary/aromatic N) is 3. The van der Waals surface area contributed by atoms with Crippen LogP contribution in [0.4, 0.5) is 4.79 Å². The molecule has 0 radical (unpaired) electrons. The van der Waals surface area contributed by atoms with Crippen LogP contribution in [0.5, 0.6) is 0 Å². The van der Waals surface area contributed by atoms with Gasteiger partial charge >= 0.3 is 6.09 Å². The molecule has 0 N–H and O–H groups in total. The first-order valence-corrected chi connectivity index (χ1v) is 8.16. The lowest BCUT2D eigenvalue weighted by atomic mass is 9.98. The van der Waals surface area contributed by atoms with Gasteiger partial charge in [-0.3, -0.25) is 0 Å². The molecule has 1 aromatic rings. The lowest BCUT2D eigenvalue weighted by molar-refractivity contribution is 0.0207. The zero-order valence-electron chi connectivity index (χ0n) is 14.5. The Morgan fingerprint density at radius 2 is 2.29 bits per heavy atom. The van der Waals surface area contributed by atoms with E-state index in [1.165, 1.54) is 0 Å². The van der Waals surface area contributed by atoms with Crippen molar-refractivity contribution in [2.24, 2.45) is 11.8 Å². The molecule has 2 aliphatic rings. The molecule has 7 nitrogen and oxygen atoms in total. The van der Waals surface area contributed by atoms with Crippen molar-refractivity contribution in [1.29, 1.82) is 5.26 Å². The topological polar surface area (TPSA) is 88.6 Å². The SMILES string of the molecule is COCc1cc(C2(C#N)C3CCN(C(=O)OC(C)(C)C)CC32)no1. The Morgan fingerprint density at radius 1 is 1.54 bits per heavy atom. The predicted octanol–water partition coefficient (Wildman–Crippen LogP) is 2.47. The van der Waals surface area contributed by atoms with E-state index < -0.39 is 11.0 Å². The number of amides is 1. The zero-order chi connectivity index (χ0) is 17.5. The fraction of sp³-hybridized carbons (Fsp3) is 0.706. The van der Waals surface area contributed by atoms with E-state index in [2.05, 4.69) is 11.2 Å². The highest BCUT2D eigenvalue weighted by Crippen LogP contribution is 2.62. The number of hydrogen-bond donors (Lipinski definition) is 0. The van der Waals surface area contributed by atoms with E-state index in [-0.39, 0.29) is 17.9 Å². The number of aromatic nitrogens is 1. The van der Waals surface area contributed by atoms with Crippen LogP contribution in [-0.4, -0.2) is 42.0 Å². The molecule has 1 saturated carbocycles. The number of piperidine rings is 1. The van der Waals surface area contributed by atoms with Crippen LogP contribution in [-0.2, 0) is 21.5 Å². The first kappa shape index (κ1) is 16.8. The number of fused-ring (bicyclic) bond motifs is 1. The molecule has 1 amide bonds. The van der Waals surface area contributed by atoms with Crippen molar-refractivity contribution in [2.45, 2.75) is 44.8 Å². The van der Waals surface area contributed by atoms with Crippen LogP contribution in [0.3, 0.4) is 0 Å². The maximum atomic E-state index is 12.3. The quantitative estimate of drug-likeness (QED) is 0.844. The number of rotatable bonds is 3. The van der Waals surface area contributed by atoms with Crippen molar-refractivity contribution in [3.8, 4) is 6.07 Å². The number of ether oxygens (including phenoxy) is 2. The summed E-state index contributed by atoms with van der Waals surface area (Å²) < 4.78 is 15.7. The number of likely N-dealkylation sites (tertiary alicyclic amines) is 1. The van der Waals surface area contributed by atoms with E-state index >= 15 is 0 Å². The predicted molar refractivity (Wildman–Crippen MR) is 83.9 cm³/mol. The number of hydrogen-bond acceptors (Lipinski definition) is 6. The van der Waals surface area contributed by atoms with Crippen molar-refractivity contribution in [3.63, 3.8) is 0 Å². The van der Waals surface area contributed by atoms with Gasteiger partial charge in [-0.05, 0) is 33.1 Å². The van der Waals surface area contributed by atoms with Crippen molar-refractivity contribution in [2.75, 3.05) is 20.2 Å². The van der Waals surface area contributed by atoms with E-state index in [0.717, 1.165) is 6.42 Å². The molecule has 1 saturated heterocycles. The first-order valence-electron chi connectivity index (χ1n) is 8.16. The summed E-state index contributed by atoms with van der Waals surface area (Å²) in [5, 5.41) is 13.9. The number of nitriles is 1. The van der Waals surface area contributed by atoms with Crippen LogP contribution in [0, 0.1) is 23.2 Å². The summed E-state index contributed by atoms with van der Waals surface area (Å²) >= 11 is 0. The third-order valence-corrected chi connectivity index (χ3v) is 4.78. The first-order chi connectivity index (χ1) is 11.3. The second-order valence-electron chi connectivity index (χ2n) is 7.52. The minimum Gasteiger partial charge on any atom is -0.444 e. The summed E-state index contributed by atoms with van der Waals surface area (Å²) in [5.41, 5.74) is -0.532. The van der Waals surface area contributed by atoms with Gasteiger partial charge in [-0.2, -0.15) is 5.26 Å². The van der Waals surface area contributed by atoms with Crippen molar-refractivity contribution < 1.29 is 18.8 Å². The Morgan fingerprint density at radius 3 is 2.92 bits per heavy atom. The highest BCUT2D eigenvalue weighted by atomic mass is 16.6. The monoisotopic (exact) mass is 333 g/mol. The van der Waals surface area contributed by atoms with Crippen LogP contribution in [0.2, 0.25) is 0 Å². The molecule has 3 rings (SSSR count). The molecule has 24 heavy (non-hydrogen) atoms. The second kappa shape index (κ2) is 5.78. The minimum atomic E-state index is -0.660. The summed E-state index contributed by atoms with van der Waals surface area (Å²) in [4.78, 5) is 14.0. The number of carbonyl (C=O) groups is 1. The van der Waals surface area contributed by atoms with Crippen molar-refractivity contribution >= 4 is 6.09 Å². The van der Waals surface area contributed by atoms with E-state index in [0.29, 0.717) is 31.2 Å². The smallest absolute Gasteiger partial charge is 0.410 e. The summed E-state index contributed by atoms with van der Waals surface area (Å²) in [7, 11) is 1.58. The molecule has 2 fully saturated rings. The molecule has 3 atom stereocenters. The molecule has 3 unspecified atom stereocenters. The Labute approximate surface area is 141 Å². The molecule has 0 aromatic carbocycles. The summed E-state index contributed by atoms with van der Waals surface area (Å²) in [6, 6.07) is 4.23. The zero-order valence-corrected chi connectivity index (χ0v) is 14.5. The Bertz CT molecular complexity index is 672. The van der Waals surface area contributed by atoms with Gasteiger partial charge in [0.05, 0.1) is 6.07 Å². The molecule has 1 aliphatic carbocycles. The maximum Gasteiger partial charge on any atom is 0.410 e. The summed E-state index contributed by atoms with van der Waals surface area (Å²) in [5.74, 6) is 0.890. The molecule has 2 heterocycles. The standard InChI is InChI=1S/C17H23N3O4/c1-16(2,3)23-15(21)20-6-5-12-13(8-20)17(12,10-18)14-7-11(9-22-4)24-19-14/h7,12-13H,5-6,8-9H2,1-4H3. The van der Waals surface area contributed by atoms with Gasteiger partial charge < -0.3 is 18.9 Å². The van der Waals surface area contributed by atoms with E-state index in [4.69, 9.17) is 14.0 Å². The fourth-order valence-electron chi connectivity index (χ4n) is 3.68. The van der Waals surface area contributed by atoms with Gasteiger partial charge in [0.15, 0.2) is 5.76 Å². The number of methoxy groups -OCH3 is 1. The molecule has 7 heteroatoms. The molecular formula is C17H23N3O4. The van der Waals surface area contributed by atoms with Gasteiger partial charge in [-0.1, -0.05) is 5.16 Å². The van der Waals surface area contributed by atoms with Crippen molar-refractivity contribution in [1.82, 2.24) is 10.1 Å². The van der Waals surface area contributed by atoms with Gasteiger partial charge in [-0.15, -0.1) is 0 Å². The minimum absolute atomic E-state index is 0.0734. The molecule has 0 spiro atoms. The fourth-order valence-corrected chi connectivity index (χ4v) is 3.68. The second-order valence-corrected chi connectivity index (χ2v) is 7.52. The molecule has 1 aliphatic heterocycles. The van der Waals surface area contributed by atoms with E-state index in [1.807, 2.05) is 20.8 Å². The average molecular weight is 333 g/mol. The third kappa shape index (κ3) is 2.75. The summed E-state index contributed by atoms with van der Waals surface area (Å²) in [6.45, 7) is 6.99. The largest absolute Gasteiger partial charge is 0.444 e. The maximum absolute atomic E-state index is 12.3. The van der Waals surface area contributed by atoms with Crippen LogP contribution in [0.1, 0.15) is 38.6 Å². The van der Waals surface area contributed by atoms with Gasteiger partial charge in [0.2, 0.25) is 0 Å². The van der Waals surface area contributed by atoms with Gasteiger partial charge in [0, 0.05) is 32.2 Å². The van der Waals surface area contributed by atoms with Crippen LogP contribution in [0.25, 0.3) is 0 Å². The number of carbonyl (C=O) groups excluding carboxylic acids is 1. The summed E-state index contributed by atoms with van der Waals surface area (Å²) in [6.07, 6.45) is 0.448. The van der Waals surface area contributed by atoms with Crippen LogP contribution in [0.15, 0.2) is 10.6 Å². The van der Waals surface area contributed by atoms with E-state index in [1.54, 1.807) is 18.1 Å². The van der Waals surface area contributed by atoms with Crippen LogP contribution >= 0.6 is 0 Å². The molecule has 0 bridgehead atoms. The average Bonchev–Trinajstić information content (AvgIpc) is 2.93. The van der Waals surface area contributed by atoms with Crippen LogP contribution < -0.4 is 0 Å². The van der Waals surface area contributed by atoms with E-state index in [9.17, 15) is 10.1 Å². The van der Waals surface area contributed by atoms with Gasteiger partial charge in [0.1, 0.15) is 23.3 Å². The highest BCUT2D eigenvalue weighted by molar-refractivity contribution is 5.68. The normalized spacial score (nSPS) is 28.9. The van der Waals surface area contributed by atoms with Crippen molar-refractivity contribution in [3.05, 3.63) is 17.5 Å². The molecular weight excluding hydrogens is 310 g/mol. The highest BCUT2D eigenvalue weighted by Gasteiger charge is 2.69. The lowest BCUT2D eigenvalue weighted by Crippen LogP contribution is -2.40. The Kier molecular flexibility index (Phi) is 4.04. The third-order valence-electron chi connectivity index (χ3n) is 4.78. The van der Waals surface area contributed by atoms with Gasteiger partial charge in [-0.25, -0.2) is 4.79 Å². The molecule has 1 aromatic heterocycles. The van der Waals surface area contributed by atoms with Gasteiger partial charge in [0.25, 0.3) is 0 Å². The Hall–Kier alpha value is -2.07.